The number of aromatic nitrogens is 2. The van der Waals surface area contributed by atoms with Crippen molar-refractivity contribution < 1.29 is 35.2 Å². The molecule has 0 saturated carbocycles. The summed E-state index contributed by atoms with van der Waals surface area (Å²) in [5.74, 6) is -7.48. The van der Waals surface area contributed by atoms with E-state index in [1.807, 2.05) is 0 Å². The van der Waals surface area contributed by atoms with Crippen molar-refractivity contribution in [1.29, 1.82) is 0 Å². The Kier molecular flexibility index (Phi) is 5.92. The Bertz CT molecular complexity index is 1220. The normalized spacial score (nSPS) is 19.6. The van der Waals surface area contributed by atoms with Gasteiger partial charge in [0.1, 0.15) is 11.6 Å². The van der Waals surface area contributed by atoms with Crippen LogP contribution in [0.5, 0.6) is 0 Å². The fourth-order valence-corrected chi connectivity index (χ4v) is 4.56. The van der Waals surface area contributed by atoms with Crippen molar-refractivity contribution in [2.45, 2.75) is 18.3 Å². The summed E-state index contributed by atoms with van der Waals surface area (Å²) < 4.78 is 94.7. The zero-order chi connectivity index (χ0) is 24.9. The van der Waals surface area contributed by atoms with Crippen molar-refractivity contribution >= 4 is 21.7 Å². The molecule has 34 heavy (non-hydrogen) atoms. The van der Waals surface area contributed by atoms with Gasteiger partial charge >= 0.3 is 0 Å². The number of halogens is 5. The number of nitrogens with one attached hydrogen (secondary N) is 1. The zero-order valence-electron chi connectivity index (χ0n) is 17.6. The number of carbonyl (C=O) groups excluding carboxylic acids is 1. The molecule has 8 nitrogen and oxygen atoms in total. The van der Waals surface area contributed by atoms with E-state index in [-0.39, 0.29) is 18.1 Å². The Morgan fingerprint density at radius 2 is 1.74 bits per heavy atom. The van der Waals surface area contributed by atoms with Gasteiger partial charge in [-0.1, -0.05) is 6.58 Å². The highest BCUT2D eigenvalue weighted by atomic mass is 32.2. The SMILES string of the molecule is C=C(CN1CC(F)(F)C1)S(=O)(=O)NC(=O)c1cc(N2CCC(F)(F)C2)n(-c2ccc(F)cc2)n1. The molecule has 4 rings (SSSR count). The lowest BCUT2D eigenvalue weighted by Gasteiger charge is -2.38. The Labute approximate surface area is 191 Å². The summed E-state index contributed by atoms with van der Waals surface area (Å²) in [7, 11) is -4.44. The van der Waals surface area contributed by atoms with E-state index < -0.39 is 76.8 Å². The van der Waals surface area contributed by atoms with Gasteiger partial charge < -0.3 is 4.90 Å². The molecule has 0 unspecified atom stereocenters. The summed E-state index contributed by atoms with van der Waals surface area (Å²) in [6, 6.07) is 6.03. The van der Waals surface area contributed by atoms with Gasteiger partial charge in [0.2, 0.25) is 0 Å². The molecule has 2 aromatic rings. The van der Waals surface area contributed by atoms with E-state index in [9.17, 15) is 35.2 Å². The van der Waals surface area contributed by atoms with Crippen LogP contribution in [0.3, 0.4) is 0 Å². The van der Waals surface area contributed by atoms with Crippen LogP contribution in [-0.4, -0.2) is 73.6 Å². The van der Waals surface area contributed by atoms with Gasteiger partial charge in [-0.3, -0.25) is 9.69 Å². The van der Waals surface area contributed by atoms with E-state index >= 15 is 0 Å². The van der Waals surface area contributed by atoms with Gasteiger partial charge in [-0.25, -0.2) is 39.8 Å². The van der Waals surface area contributed by atoms with Crippen molar-refractivity contribution in [3.05, 3.63) is 53.3 Å². The molecule has 2 aliphatic rings. The smallest absolute Gasteiger partial charge is 0.285 e. The number of likely N-dealkylation sites (tertiary alicyclic amines) is 1. The van der Waals surface area contributed by atoms with Crippen molar-refractivity contribution in [2.75, 3.05) is 37.6 Å². The summed E-state index contributed by atoms with van der Waals surface area (Å²) in [5, 5.41) is 4.05. The quantitative estimate of drug-likeness (QED) is 0.582. The number of anilines is 1. The molecular formula is C20H20F5N5O3S. The first-order valence-corrected chi connectivity index (χ1v) is 11.6. The van der Waals surface area contributed by atoms with Crippen LogP contribution < -0.4 is 9.62 Å². The molecule has 2 aliphatic heterocycles. The molecule has 0 atom stereocenters. The van der Waals surface area contributed by atoms with Crippen LogP contribution in [0.15, 0.2) is 41.8 Å². The number of alkyl halides is 4. The van der Waals surface area contributed by atoms with E-state index in [0.717, 1.165) is 27.8 Å². The van der Waals surface area contributed by atoms with Crippen molar-refractivity contribution in [2.24, 2.45) is 0 Å². The third-order valence-electron chi connectivity index (χ3n) is 5.40. The third-order valence-corrected chi connectivity index (χ3v) is 6.75. The van der Waals surface area contributed by atoms with Crippen LogP contribution in [0.25, 0.3) is 5.69 Å². The van der Waals surface area contributed by atoms with Gasteiger partial charge in [0, 0.05) is 25.6 Å². The van der Waals surface area contributed by atoms with Gasteiger partial charge in [-0.2, -0.15) is 5.10 Å². The Balaban J connectivity index is 1.56. The Morgan fingerprint density at radius 3 is 2.29 bits per heavy atom. The number of rotatable bonds is 7. The lowest BCUT2D eigenvalue weighted by molar-refractivity contribution is -0.126. The van der Waals surface area contributed by atoms with Crippen molar-refractivity contribution in [3.63, 3.8) is 0 Å². The number of hydrogen-bond acceptors (Lipinski definition) is 6. The largest absolute Gasteiger partial charge is 0.350 e. The summed E-state index contributed by atoms with van der Waals surface area (Å²) in [5.41, 5.74) is -0.141. The van der Waals surface area contributed by atoms with Crippen LogP contribution in [0.2, 0.25) is 0 Å². The summed E-state index contributed by atoms with van der Waals surface area (Å²) in [6.45, 7) is 1.03. The molecule has 0 aliphatic carbocycles. The second kappa shape index (κ2) is 8.34. The zero-order valence-corrected chi connectivity index (χ0v) is 18.5. The van der Waals surface area contributed by atoms with Crippen molar-refractivity contribution in [1.82, 2.24) is 19.4 Å². The number of nitrogens with zero attached hydrogens (tertiary/aromatic N) is 4. The molecule has 0 spiro atoms. The highest BCUT2D eigenvalue weighted by Gasteiger charge is 2.44. The van der Waals surface area contributed by atoms with Crippen LogP contribution in [0.4, 0.5) is 27.8 Å². The number of amides is 1. The summed E-state index contributed by atoms with van der Waals surface area (Å²) >= 11 is 0. The van der Waals surface area contributed by atoms with Crippen LogP contribution in [0, 0.1) is 5.82 Å². The number of hydrogen-bond donors (Lipinski definition) is 1. The van der Waals surface area contributed by atoms with Crippen LogP contribution >= 0.6 is 0 Å². The second-order valence-corrected chi connectivity index (χ2v) is 10.1. The predicted octanol–water partition coefficient (Wildman–Crippen LogP) is 2.38. The van der Waals surface area contributed by atoms with Gasteiger partial charge in [-0.15, -0.1) is 0 Å². The molecule has 0 radical (unpaired) electrons. The fourth-order valence-electron chi connectivity index (χ4n) is 3.71. The molecule has 14 heteroatoms. The van der Waals surface area contributed by atoms with Gasteiger partial charge in [0.25, 0.3) is 27.8 Å². The molecule has 1 aromatic heterocycles. The maximum atomic E-state index is 13.8. The molecule has 184 valence electrons. The van der Waals surface area contributed by atoms with Gasteiger partial charge in [0.15, 0.2) is 5.69 Å². The molecule has 2 fully saturated rings. The topological polar surface area (TPSA) is 87.5 Å². The number of sulfonamides is 1. The summed E-state index contributed by atoms with van der Waals surface area (Å²) in [4.78, 5) is 14.6. The Hall–Kier alpha value is -3.00. The van der Waals surface area contributed by atoms with Gasteiger partial charge in [0.05, 0.1) is 30.2 Å². The average molecular weight is 505 g/mol. The third kappa shape index (κ3) is 5.06. The lowest BCUT2D eigenvalue weighted by Crippen LogP contribution is -2.57. The average Bonchev–Trinajstić information content (AvgIpc) is 3.30. The lowest BCUT2D eigenvalue weighted by atomic mass is 10.1. The molecule has 1 aromatic carbocycles. The second-order valence-electron chi connectivity index (χ2n) is 8.28. The number of benzene rings is 1. The minimum Gasteiger partial charge on any atom is -0.350 e. The maximum absolute atomic E-state index is 13.8. The minimum absolute atomic E-state index is 0.0451. The molecule has 2 saturated heterocycles. The van der Waals surface area contributed by atoms with Crippen LogP contribution in [0.1, 0.15) is 16.9 Å². The maximum Gasteiger partial charge on any atom is 0.285 e. The highest BCUT2D eigenvalue weighted by molar-refractivity contribution is 7.93. The standard InChI is InChI=1S/C20H20F5N5O3S/c1-13(9-28-10-20(24,25)11-28)34(32,33)27-18(31)16-8-17(29-7-6-19(22,23)12-29)30(26-16)15-4-2-14(21)3-5-15/h2-5,8H,1,6-7,9-12H2,(H,27,31). The summed E-state index contributed by atoms with van der Waals surface area (Å²) in [6.07, 6.45) is -0.424. The first-order valence-electron chi connectivity index (χ1n) is 10.1. The minimum atomic E-state index is -4.44. The first kappa shape index (κ1) is 24.1. The molecule has 0 bridgehead atoms. The molecule has 1 amide bonds. The molecule has 1 N–H and O–H groups in total. The molecule has 3 heterocycles. The van der Waals surface area contributed by atoms with E-state index in [4.69, 9.17) is 0 Å². The fraction of sp³-hybridized carbons (Fsp3) is 0.400. The van der Waals surface area contributed by atoms with E-state index in [1.165, 1.54) is 17.0 Å². The monoisotopic (exact) mass is 505 g/mol. The Morgan fingerprint density at radius 1 is 1.09 bits per heavy atom. The first-order chi connectivity index (χ1) is 15.7. The highest BCUT2D eigenvalue weighted by Crippen LogP contribution is 2.33. The van der Waals surface area contributed by atoms with Crippen LogP contribution in [-0.2, 0) is 10.0 Å². The number of carbonyl (C=O) groups is 1. The van der Waals surface area contributed by atoms with Gasteiger partial charge in [-0.05, 0) is 24.3 Å². The van der Waals surface area contributed by atoms with E-state index in [1.54, 1.807) is 4.72 Å². The van der Waals surface area contributed by atoms with Crippen molar-refractivity contribution in [3.8, 4) is 5.69 Å². The predicted molar refractivity (Wildman–Crippen MR) is 112 cm³/mol. The van der Waals surface area contributed by atoms with E-state index in [0.29, 0.717) is 0 Å². The molecular weight excluding hydrogens is 485 g/mol. The van der Waals surface area contributed by atoms with E-state index in [2.05, 4.69) is 11.7 Å².